The van der Waals surface area contributed by atoms with Crippen molar-refractivity contribution in [1.82, 2.24) is 9.80 Å². The Morgan fingerprint density at radius 1 is 0.917 bits per heavy atom. The van der Waals surface area contributed by atoms with Gasteiger partial charge in [0.2, 0.25) is 5.91 Å². The van der Waals surface area contributed by atoms with E-state index in [0.29, 0.717) is 6.42 Å². The van der Waals surface area contributed by atoms with Crippen LogP contribution in [0.5, 0.6) is 0 Å². The molecular weight excluding hydrogens is 296 g/mol. The van der Waals surface area contributed by atoms with Crippen molar-refractivity contribution in [2.45, 2.75) is 19.8 Å². The Hall–Kier alpha value is -2.13. The highest BCUT2D eigenvalue weighted by Crippen LogP contribution is 2.11. The number of carbonyl (C=O) groups is 1. The summed E-state index contributed by atoms with van der Waals surface area (Å²) in [7, 11) is 0. The second-order valence-electron chi connectivity index (χ2n) is 6.56. The molecule has 3 rings (SSSR count). The topological polar surface area (TPSA) is 23.6 Å². The predicted octanol–water partition coefficient (Wildman–Crippen LogP) is 2.92. The zero-order chi connectivity index (χ0) is 16.8. The van der Waals surface area contributed by atoms with Crippen LogP contribution >= 0.6 is 0 Å². The van der Waals surface area contributed by atoms with E-state index in [9.17, 15) is 4.79 Å². The molecule has 126 valence electrons. The summed E-state index contributed by atoms with van der Waals surface area (Å²) in [5.41, 5.74) is 3.73. The number of hydrogen-bond acceptors (Lipinski definition) is 2. The largest absolute Gasteiger partial charge is 0.340 e. The van der Waals surface area contributed by atoms with Gasteiger partial charge in [0.1, 0.15) is 0 Å². The van der Waals surface area contributed by atoms with Crippen LogP contribution in [0.15, 0.2) is 54.6 Å². The average molecular weight is 322 g/mol. The fourth-order valence-electron chi connectivity index (χ4n) is 3.24. The molecule has 1 aliphatic heterocycles. The number of hydrogen-bond donors (Lipinski definition) is 0. The zero-order valence-corrected chi connectivity index (χ0v) is 14.4. The first-order chi connectivity index (χ1) is 11.7. The minimum Gasteiger partial charge on any atom is -0.340 e. The minimum atomic E-state index is 0.256. The van der Waals surface area contributed by atoms with Crippen molar-refractivity contribution >= 4 is 5.91 Å². The zero-order valence-electron chi connectivity index (χ0n) is 14.4. The van der Waals surface area contributed by atoms with Crippen molar-refractivity contribution < 1.29 is 4.79 Å². The average Bonchev–Trinajstić information content (AvgIpc) is 2.63. The van der Waals surface area contributed by atoms with E-state index in [1.54, 1.807) is 0 Å². The van der Waals surface area contributed by atoms with Crippen LogP contribution in [-0.4, -0.2) is 48.4 Å². The van der Waals surface area contributed by atoms with Gasteiger partial charge in [-0.05, 0) is 30.0 Å². The second-order valence-corrected chi connectivity index (χ2v) is 6.56. The number of benzene rings is 2. The minimum absolute atomic E-state index is 0.256. The highest BCUT2D eigenvalue weighted by molar-refractivity contribution is 5.79. The van der Waals surface area contributed by atoms with Crippen molar-refractivity contribution in [1.29, 1.82) is 0 Å². The standard InChI is InChI=1S/C21H26N2O/c1-18-7-5-6-10-20(18)17-21(24)23-15-13-22(14-16-23)12-11-19-8-3-2-4-9-19/h2-10H,11-17H2,1H3. The molecule has 24 heavy (non-hydrogen) atoms. The van der Waals surface area contributed by atoms with Gasteiger partial charge in [-0.1, -0.05) is 54.6 Å². The SMILES string of the molecule is Cc1ccccc1CC(=O)N1CCN(CCc2ccccc2)CC1. The van der Waals surface area contributed by atoms with E-state index in [1.807, 2.05) is 17.0 Å². The molecule has 0 aromatic heterocycles. The Labute approximate surface area is 144 Å². The van der Waals surface area contributed by atoms with Gasteiger partial charge in [0, 0.05) is 32.7 Å². The maximum Gasteiger partial charge on any atom is 0.227 e. The first-order valence-electron chi connectivity index (χ1n) is 8.81. The van der Waals surface area contributed by atoms with Gasteiger partial charge in [0.15, 0.2) is 0 Å². The molecule has 0 aliphatic carbocycles. The lowest BCUT2D eigenvalue weighted by atomic mass is 10.1. The van der Waals surface area contributed by atoms with E-state index in [-0.39, 0.29) is 5.91 Å². The molecular formula is C21H26N2O. The fraction of sp³-hybridized carbons (Fsp3) is 0.381. The molecule has 0 atom stereocenters. The Kier molecular flexibility index (Phi) is 5.65. The lowest BCUT2D eigenvalue weighted by Crippen LogP contribution is -2.49. The predicted molar refractivity (Wildman–Crippen MR) is 98.0 cm³/mol. The molecule has 2 aromatic carbocycles. The maximum atomic E-state index is 12.5. The van der Waals surface area contributed by atoms with Crippen molar-refractivity contribution in [2.75, 3.05) is 32.7 Å². The summed E-state index contributed by atoms with van der Waals surface area (Å²) in [6, 6.07) is 18.8. The van der Waals surface area contributed by atoms with Gasteiger partial charge in [0.25, 0.3) is 0 Å². The molecule has 0 saturated carbocycles. The number of rotatable bonds is 5. The summed E-state index contributed by atoms with van der Waals surface area (Å²) >= 11 is 0. The van der Waals surface area contributed by atoms with Gasteiger partial charge in [-0.2, -0.15) is 0 Å². The van der Waals surface area contributed by atoms with Crippen LogP contribution in [0.2, 0.25) is 0 Å². The lowest BCUT2D eigenvalue weighted by Gasteiger charge is -2.35. The monoisotopic (exact) mass is 322 g/mol. The molecule has 1 aliphatic rings. The highest BCUT2D eigenvalue weighted by atomic mass is 16.2. The molecule has 1 heterocycles. The Morgan fingerprint density at radius 2 is 1.58 bits per heavy atom. The molecule has 0 unspecified atom stereocenters. The molecule has 0 N–H and O–H groups in total. The molecule has 3 nitrogen and oxygen atoms in total. The Morgan fingerprint density at radius 3 is 2.29 bits per heavy atom. The first kappa shape index (κ1) is 16.7. The molecule has 0 spiro atoms. The van der Waals surface area contributed by atoms with Gasteiger partial charge < -0.3 is 4.90 Å². The van der Waals surface area contributed by atoms with E-state index in [4.69, 9.17) is 0 Å². The van der Waals surface area contributed by atoms with Gasteiger partial charge in [0.05, 0.1) is 6.42 Å². The number of nitrogens with zero attached hydrogens (tertiary/aromatic N) is 2. The van der Waals surface area contributed by atoms with Crippen molar-refractivity contribution in [3.05, 3.63) is 71.3 Å². The van der Waals surface area contributed by atoms with E-state index < -0.39 is 0 Å². The van der Waals surface area contributed by atoms with Gasteiger partial charge in [-0.25, -0.2) is 0 Å². The number of piperazine rings is 1. The second kappa shape index (κ2) is 8.11. The summed E-state index contributed by atoms with van der Waals surface area (Å²) in [6.07, 6.45) is 1.61. The van der Waals surface area contributed by atoms with Gasteiger partial charge >= 0.3 is 0 Å². The normalized spacial score (nSPS) is 15.5. The molecule has 0 radical (unpaired) electrons. The lowest BCUT2D eigenvalue weighted by molar-refractivity contribution is -0.132. The first-order valence-corrected chi connectivity index (χ1v) is 8.81. The summed E-state index contributed by atoms with van der Waals surface area (Å²) in [6.45, 7) is 6.80. The van der Waals surface area contributed by atoms with Crippen LogP contribution in [-0.2, 0) is 17.6 Å². The summed E-state index contributed by atoms with van der Waals surface area (Å²) in [4.78, 5) is 17.0. The summed E-state index contributed by atoms with van der Waals surface area (Å²) < 4.78 is 0. The van der Waals surface area contributed by atoms with E-state index in [1.165, 1.54) is 11.1 Å². The molecule has 3 heteroatoms. The number of aryl methyl sites for hydroxylation is 1. The van der Waals surface area contributed by atoms with E-state index in [2.05, 4.69) is 54.3 Å². The van der Waals surface area contributed by atoms with Gasteiger partial charge in [-0.3, -0.25) is 9.69 Å². The maximum absolute atomic E-state index is 12.5. The number of carbonyl (C=O) groups excluding carboxylic acids is 1. The van der Waals surface area contributed by atoms with Crippen LogP contribution in [0.25, 0.3) is 0 Å². The van der Waals surface area contributed by atoms with Gasteiger partial charge in [-0.15, -0.1) is 0 Å². The Balaban J connectivity index is 1.44. The molecule has 1 saturated heterocycles. The van der Waals surface area contributed by atoms with E-state index in [0.717, 1.165) is 44.7 Å². The quantitative estimate of drug-likeness (QED) is 0.845. The summed E-state index contributed by atoms with van der Waals surface area (Å²) in [5.74, 6) is 0.256. The number of amides is 1. The van der Waals surface area contributed by atoms with E-state index >= 15 is 0 Å². The van der Waals surface area contributed by atoms with Crippen LogP contribution < -0.4 is 0 Å². The van der Waals surface area contributed by atoms with Crippen molar-refractivity contribution in [2.24, 2.45) is 0 Å². The van der Waals surface area contributed by atoms with Crippen LogP contribution in [0.4, 0.5) is 0 Å². The van der Waals surface area contributed by atoms with Crippen molar-refractivity contribution in [3.63, 3.8) is 0 Å². The molecule has 1 fully saturated rings. The third kappa shape index (κ3) is 4.45. The molecule has 2 aromatic rings. The molecule has 0 bridgehead atoms. The third-order valence-electron chi connectivity index (χ3n) is 4.89. The smallest absolute Gasteiger partial charge is 0.227 e. The van der Waals surface area contributed by atoms with Crippen LogP contribution in [0.3, 0.4) is 0 Å². The highest BCUT2D eigenvalue weighted by Gasteiger charge is 2.21. The third-order valence-corrected chi connectivity index (χ3v) is 4.89. The van der Waals surface area contributed by atoms with Crippen LogP contribution in [0.1, 0.15) is 16.7 Å². The Bertz CT molecular complexity index is 661. The van der Waals surface area contributed by atoms with Crippen LogP contribution in [0, 0.1) is 6.92 Å². The van der Waals surface area contributed by atoms with Crippen molar-refractivity contribution in [3.8, 4) is 0 Å². The summed E-state index contributed by atoms with van der Waals surface area (Å²) in [5, 5.41) is 0. The fourth-order valence-corrected chi connectivity index (χ4v) is 3.24. The molecule has 1 amide bonds.